The van der Waals surface area contributed by atoms with E-state index in [4.69, 9.17) is 0 Å². The Labute approximate surface area is 103 Å². The molecule has 0 amide bonds. The largest absolute Gasteiger partial charge is 0.394 e. The van der Waals surface area contributed by atoms with Crippen LogP contribution in [0.5, 0.6) is 0 Å². The maximum Gasteiger partial charge on any atom is 0.147 e. The van der Waals surface area contributed by atoms with Crippen LogP contribution in [-0.4, -0.2) is 38.1 Å². The molecular weight excluding hydrogens is 216 g/mol. The highest BCUT2D eigenvalue weighted by Crippen LogP contribution is 2.12. The molecule has 98 valence electrons. The van der Waals surface area contributed by atoms with Crippen molar-refractivity contribution in [1.29, 1.82) is 0 Å². The highest BCUT2D eigenvalue weighted by Gasteiger charge is 2.24. The van der Waals surface area contributed by atoms with E-state index in [1.54, 1.807) is 0 Å². The minimum atomic E-state index is -0.263. The topological polar surface area (TPSA) is 63.0 Å². The molecule has 0 aliphatic rings. The predicted octanol–water partition coefficient (Wildman–Crippen LogP) is 1.03. The molecule has 1 atom stereocenters. The van der Waals surface area contributed by atoms with E-state index in [-0.39, 0.29) is 12.1 Å². The zero-order valence-corrected chi connectivity index (χ0v) is 11.5. The summed E-state index contributed by atoms with van der Waals surface area (Å²) in [6, 6.07) is 0.353. The van der Waals surface area contributed by atoms with Crippen LogP contribution in [0, 0.1) is 13.8 Å². The molecule has 2 N–H and O–H groups in total. The first-order valence-corrected chi connectivity index (χ1v) is 6.13. The molecule has 0 bridgehead atoms. The van der Waals surface area contributed by atoms with Gasteiger partial charge in [0.15, 0.2) is 0 Å². The van der Waals surface area contributed by atoms with Gasteiger partial charge in [0, 0.05) is 18.1 Å². The fraction of sp³-hybridized carbons (Fsp3) is 0.833. The summed E-state index contributed by atoms with van der Waals surface area (Å²) in [5.74, 6) is 1.72. The first kappa shape index (κ1) is 14.1. The maximum absolute atomic E-state index is 9.48. The van der Waals surface area contributed by atoms with Gasteiger partial charge in [0.2, 0.25) is 0 Å². The van der Waals surface area contributed by atoms with Crippen LogP contribution >= 0.6 is 0 Å². The molecule has 5 heteroatoms. The summed E-state index contributed by atoms with van der Waals surface area (Å²) in [6.45, 7) is 10.9. The highest BCUT2D eigenvalue weighted by atomic mass is 16.3. The van der Waals surface area contributed by atoms with Gasteiger partial charge in [0.05, 0.1) is 6.61 Å². The number of aliphatic hydroxyl groups excluding tert-OH is 1. The Balaban J connectivity index is 2.61. The van der Waals surface area contributed by atoms with Crippen LogP contribution in [-0.2, 0) is 6.54 Å². The number of hydrogen-bond donors (Lipinski definition) is 2. The molecule has 0 aliphatic heterocycles. The molecule has 0 aliphatic carbocycles. The molecule has 1 unspecified atom stereocenters. The van der Waals surface area contributed by atoms with Crippen LogP contribution in [0.3, 0.4) is 0 Å². The molecule has 1 aromatic rings. The lowest BCUT2D eigenvalue weighted by atomic mass is 9.98. The molecule has 1 aromatic heterocycles. The Bertz CT molecular complexity index is 361. The van der Waals surface area contributed by atoms with Crippen molar-refractivity contribution in [2.75, 3.05) is 6.61 Å². The van der Waals surface area contributed by atoms with Crippen molar-refractivity contribution in [3.8, 4) is 0 Å². The SMILES string of the molecule is Cc1nc(C)n(CCC(C)(CO)NC(C)C)n1. The molecule has 0 aromatic carbocycles. The van der Waals surface area contributed by atoms with Gasteiger partial charge in [-0.1, -0.05) is 13.8 Å². The van der Waals surface area contributed by atoms with Gasteiger partial charge in [-0.15, -0.1) is 0 Å². The van der Waals surface area contributed by atoms with Crippen molar-refractivity contribution < 1.29 is 5.11 Å². The number of aliphatic hydroxyl groups is 1. The molecule has 1 rings (SSSR count). The lowest BCUT2D eigenvalue weighted by molar-refractivity contribution is 0.150. The summed E-state index contributed by atoms with van der Waals surface area (Å²) in [6.07, 6.45) is 0.825. The molecule has 0 fully saturated rings. The number of aryl methyl sites for hydroxylation is 3. The molecule has 17 heavy (non-hydrogen) atoms. The van der Waals surface area contributed by atoms with E-state index in [9.17, 15) is 5.11 Å². The maximum atomic E-state index is 9.48. The van der Waals surface area contributed by atoms with Crippen molar-refractivity contribution in [2.24, 2.45) is 0 Å². The van der Waals surface area contributed by atoms with Crippen LogP contribution in [0.2, 0.25) is 0 Å². The lowest BCUT2D eigenvalue weighted by Crippen LogP contribution is -2.49. The Hall–Kier alpha value is -0.940. The van der Waals surface area contributed by atoms with Gasteiger partial charge in [-0.25, -0.2) is 4.98 Å². The number of aromatic nitrogens is 3. The summed E-state index contributed by atoms with van der Waals surface area (Å²) >= 11 is 0. The Morgan fingerprint density at radius 3 is 2.47 bits per heavy atom. The van der Waals surface area contributed by atoms with E-state index in [1.807, 2.05) is 25.5 Å². The first-order chi connectivity index (χ1) is 7.86. The minimum absolute atomic E-state index is 0.123. The number of nitrogens with zero attached hydrogens (tertiary/aromatic N) is 3. The number of nitrogens with one attached hydrogen (secondary N) is 1. The summed E-state index contributed by atoms with van der Waals surface area (Å²) in [5, 5.41) is 17.2. The Morgan fingerprint density at radius 1 is 1.41 bits per heavy atom. The van der Waals surface area contributed by atoms with Crippen LogP contribution in [0.25, 0.3) is 0 Å². The second kappa shape index (κ2) is 5.60. The summed E-state index contributed by atoms with van der Waals surface area (Å²) < 4.78 is 1.89. The van der Waals surface area contributed by atoms with Crippen molar-refractivity contribution in [3.63, 3.8) is 0 Å². The normalized spacial score (nSPS) is 15.2. The second-order valence-electron chi connectivity index (χ2n) is 5.20. The molecule has 0 saturated carbocycles. The predicted molar refractivity (Wildman–Crippen MR) is 67.9 cm³/mol. The van der Waals surface area contributed by atoms with E-state index in [1.165, 1.54) is 0 Å². The van der Waals surface area contributed by atoms with E-state index < -0.39 is 0 Å². The van der Waals surface area contributed by atoms with Crippen LogP contribution < -0.4 is 5.32 Å². The van der Waals surface area contributed by atoms with Gasteiger partial charge < -0.3 is 10.4 Å². The third-order valence-electron chi connectivity index (χ3n) is 2.82. The second-order valence-corrected chi connectivity index (χ2v) is 5.20. The van der Waals surface area contributed by atoms with Gasteiger partial charge in [0.1, 0.15) is 11.6 Å². The smallest absolute Gasteiger partial charge is 0.147 e. The highest BCUT2D eigenvalue weighted by molar-refractivity contribution is 4.89. The molecule has 1 heterocycles. The van der Waals surface area contributed by atoms with Crippen LogP contribution in [0.4, 0.5) is 0 Å². The van der Waals surface area contributed by atoms with Gasteiger partial charge >= 0.3 is 0 Å². The average Bonchev–Trinajstić information content (AvgIpc) is 2.53. The van der Waals surface area contributed by atoms with Gasteiger partial charge in [-0.05, 0) is 27.2 Å². The average molecular weight is 240 g/mol. The molecular formula is C12H24N4O. The fourth-order valence-corrected chi connectivity index (χ4v) is 2.02. The Kier molecular flexibility index (Phi) is 4.65. The monoisotopic (exact) mass is 240 g/mol. The third kappa shape index (κ3) is 4.09. The molecule has 0 spiro atoms. The lowest BCUT2D eigenvalue weighted by Gasteiger charge is -2.31. The van der Waals surface area contributed by atoms with Crippen molar-refractivity contribution >= 4 is 0 Å². The standard InChI is InChI=1S/C12H24N4O/c1-9(2)14-12(5,8-17)6-7-16-11(4)13-10(3)15-16/h9,14,17H,6-8H2,1-5H3. The summed E-state index contributed by atoms with van der Waals surface area (Å²) in [5.41, 5.74) is -0.263. The van der Waals surface area contributed by atoms with Crippen LogP contribution in [0.15, 0.2) is 0 Å². The first-order valence-electron chi connectivity index (χ1n) is 6.13. The van der Waals surface area contributed by atoms with Crippen molar-refractivity contribution in [1.82, 2.24) is 20.1 Å². The third-order valence-corrected chi connectivity index (χ3v) is 2.82. The van der Waals surface area contributed by atoms with E-state index in [0.29, 0.717) is 6.04 Å². The van der Waals surface area contributed by atoms with Crippen molar-refractivity contribution in [2.45, 2.75) is 59.2 Å². The summed E-state index contributed by atoms with van der Waals surface area (Å²) in [4.78, 5) is 4.27. The van der Waals surface area contributed by atoms with E-state index >= 15 is 0 Å². The van der Waals surface area contributed by atoms with E-state index in [0.717, 1.165) is 24.6 Å². The zero-order chi connectivity index (χ0) is 13.1. The molecule has 5 nitrogen and oxygen atoms in total. The Morgan fingerprint density at radius 2 is 2.06 bits per heavy atom. The fourth-order valence-electron chi connectivity index (χ4n) is 2.02. The quantitative estimate of drug-likeness (QED) is 0.779. The minimum Gasteiger partial charge on any atom is -0.394 e. The summed E-state index contributed by atoms with van der Waals surface area (Å²) in [7, 11) is 0. The van der Waals surface area contributed by atoms with Crippen molar-refractivity contribution in [3.05, 3.63) is 11.6 Å². The number of hydrogen-bond acceptors (Lipinski definition) is 4. The van der Waals surface area contributed by atoms with Gasteiger partial charge in [-0.3, -0.25) is 4.68 Å². The van der Waals surface area contributed by atoms with Crippen LogP contribution in [0.1, 0.15) is 38.8 Å². The van der Waals surface area contributed by atoms with Gasteiger partial charge in [0.25, 0.3) is 0 Å². The number of rotatable bonds is 6. The van der Waals surface area contributed by atoms with Gasteiger partial charge in [-0.2, -0.15) is 5.10 Å². The molecule has 0 saturated heterocycles. The zero-order valence-electron chi connectivity index (χ0n) is 11.5. The molecule has 0 radical (unpaired) electrons. The van der Waals surface area contributed by atoms with E-state index in [2.05, 4.69) is 29.2 Å².